The fourth-order valence-electron chi connectivity index (χ4n) is 2.78. The summed E-state index contributed by atoms with van der Waals surface area (Å²) < 4.78 is 5.32. The Labute approximate surface area is 126 Å². The molecule has 0 atom stereocenters. The highest BCUT2D eigenvalue weighted by Gasteiger charge is 2.15. The Kier molecular flexibility index (Phi) is 4.46. The summed E-state index contributed by atoms with van der Waals surface area (Å²) in [6, 6.07) is 9.97. The molecule has 2 aromatic rings. The number of carbonyl (C=O) groups is 1. The number of benzene rings is 2. The van der Waals surface area contributed by atoms with E-state index in [4.69, 9.17) is 4.74 Å². The molecule has 21 heavy (non-hydrogen) atoms. The number of ether oxygens (including phenoxy) is 1. The molecule has 0 bridgehead atoms. The molecule has 0 heterocycles. The van der Waals surface area contributed by atoms with E-state index in [1.807, 2.05) is 25.1 Å². The maximum Gasteiger partial charge on any atom is 0.170 e. The Balaban J connectivity index is 2.37. The van der Waals surface area contributed by atoms with Gasteiger partial charge in [-0.15, -0.1) is 0 Å². The lowest BCUT2D eigenvalue weighted by molar-refractivity contribution is 0.0989. The highest BCUT2D eigenvalue weighted by atomic mass is 16.5. The van der Waals surface area contributed by atoms with Gasteiger partial charge in [0.1, 0.15) is 5.75 Å². The molecular weight excluding hydrogens is 260 g/mol. The van der Waals surface area contributed by atoms with Gasteiger partial charge < -0.3 is 4.74 Å². The maximum absolute atomic E-state index is 12.7. The Hall–Kier alpha value is -2.09. The average Bonchev–Trinajstić information content (AvgIpc) is 2.42. The van der Waals surface area contributed by atoms with Gasteiger partial charge in [0.15, 0.2) is 5.78 Å². The van der Waals surface area contributed by atoms with Gasteiger partial charge in [-0.25, -0.2) is 0 Å². The number of hydrogen-bond donors (Lipinski definition) is 0. The van der Waals surface area contributed by atoms with E-state index in [9.17, 15) is 4.79 Å². The number of carbonyl (C=O) groups excluding carboxylic acids is 1. The Morgan fingerprint density at radius 2 is 1.57 bits per heavy atom. The van der Waals surface area contributed by atoms with E-state index >= 15 is 0 Å². The Morgan fingerprint density at radius 3 is 2.14 bits per heavy atom. The first-order valence-corrected chi connectivity index (χ1v) is 7.17. The first kappa shape index (κ1) is 15.3. The van der Waals surface area contributed by atoms with E-state index in [0.29, 0.717) is 17.7 Å². The molecule has 0 amide bonds. The quantitative estimate of drug-likeness (QED) is 0.779. The van der Waals surface area contributed by atoms with Crippen LogP contribution >= 0.6 is 0 Å². The first-order valence-electron chi connectivity index (χ1n) is 7.17. The molecule has 0 radical (unpaired) electrons. The highest BCUT2D eigenvalue weighted by molar-refractivity contribution is 6.00. The van der Waals surface area contributed by atoms with E-state index < -0.39 is 0 Å². The monoisotopic (exact) mass is 282 g/mol. The zero-order valence-electron chi connectivity index (χ0n) is 13.4. The molecular formula is C19H22O2. The second-order valence-electron chi connectivity index (χ2n) is 5.68. The predicted octanol–water partition coefficient (Wildman–Crippen LogP) is 4.35. The third-order valence-electron chi connectivity index (χ3n) is 3.83. The first-order chi connectivity index (χ1) is 9.92. The predicted molar refractivity (Wildman–Crippen MR) is 86.4 cm³/mol. The minimum absolute atomic E-state index is 0.102. The summed E-state index contributed by atoms with van der Waals surface area (Å²) in [6.45, 7) is 8.19. The van der Waals surface area contributed by atoms with Crippen LogP contribution in [0.15, 0.2) is 30.3 Å². The van der Waals surface area contributed by atoms with Crippen molar-refractivity contribution in [3.05, 3.63) is 63.7 Å². The van der Waals surface area contributed by atoms with Crippen LogP contribution in [0.25, 0.3) is 0 Å². The van der Waals surface area contributed by atoms with Gasteiger partial charge in [0.2, 0.25) is 0 Å². The summed E-state index contributed by atoms with van der Waals surface area (Å²) in [6.07, 6.45) is 0.414. The van der Waals surface area contributed by atoms with E-state index in [1.54, 1.807) is 7.11 Å². The van der Waals surface area contributed by atoms with Crippen LogP contribution in [-0.2, 0) is 6.42 Å². The normalized spacial score (nSPS) is 10.5. The maximum atomic E-state index is 12.7. The Morgan fingerprint density at radius 1 is 0.952 bits per heavy atom. The summed E-state index contributed by atoms with van der Waals surface area (Å²) in [7, 11) is 1.60. The zero-order chi connectivity index (χ0) is 15.6. The molecule has 0 saturated heterocycles. The summed E-state index contributed by atoms with van der Waals surface area (Å²) in [5.74, 6) is 0.749. The summed E-state index contributed by atoms with van der Waals surface area (Å²) in [5.41, 5.74) is 6.43. The summed E-state index contributed by atoms with van der Waals surface area (Å²) in [4.78, 5) is 12.7. The molecule has 0 unspecified atom stereocenters. The van der Waals surface area contributed by atoms with Gasteiger partial charge >= 0.3 is 0 Å². The van der Waals surface area contributed by atoms with Gasteiger partial charge in [0, 0.05) is 6.42 Å². The lowest BCUT2D eigenvalue weighted by Gasteiger charge is -2.13. The van der Waals surface area contributed by atoms with Crippen LogP contribution in [0.5, 0.6) is 5.75 Å². The molecule has 2 rings (SSSR count). The van der Waals surface area contributed by atoms with E-state index in [-0.39, 0.29) is 5.78 Å². The smallest absolute Gasteiger partial charge is 0.170 e. The van der Waals surface area contributed by atoms with Crippen molar-refractivity contribution in [2.45, 2.75) is 34.1 Å². The van der Waals surface area contributed by atoms with Gasteiger partial charge in [-0.1, -0.05) is 29.3 Å². The zero-order valence-corrected chi connectivity index (χ0v) is 13.4. The number of methoxy groups -OCH3 is 1. The van der Waals surface area contributed by atoms with Crippen molar-refractivity contribution in [1.29, 1.82) is 0 Å². The van der Waals surface area contributed by atoms with Crippen molar-refractivity contribution in [2.24, 2.45) is 0 Å². The van der Waals surface area contributed by atoms with Crippen LogP contribution < -0.4 is 4.74 Å². The van der Waals surface area contributed by atoms with E-state index in [1.165, 1.54) is 16.7 Å². The fourth-order valence-corrected chi connectivity index (χ4v) is 2.78. The Bertz CT molecular complexity index is 661. The van der Waals surface area contributed by atoms with Gasteiger partial charge in [-0.05, 0) is 56.5 Å². The van der Waals surface area contributed by atoms with Crippen molar-refractivity contribution in [3.8, 4) is 5.75 Å². The second kappa shape index (κ2) is 6.13. The van der Waals surface area contributed by atoms with E-state index in [0.717, 1.165) is 11.1 Å². The third-order valence-corrected chi connectivity index (χ3v) is 3.83. The van der Waals surface area contributed by atoms with Crippen LogP contribution in [0, 0.1) is 27.7 Å². The average molecular weight is 282 g/mol. The van der Waals surface area contributed by atoms with Crippen molar-refractivity contribution in [2.75, 3.05) is 7.11 Å². The molecule has 0 aliphatic heterocycles. The fraction of sp³-hybridized carbons (Fsp3) is 0.316. The molecule has 0 spiro atoms. The van der Waals surface area contributed by atoms with Crippen molar-refractivity contribution < 1.29 is 9.53 Å². The van der Waals surface area contributed by atoms with E-state index in [2.05, 4.69) is 32.9 Å². The minimum Gasteiger partial charge on any atom is -0.496 e. The van der Waals surface area contributed by atoms with Gasteiger partial charge in [0.05, 0.1) is 12.7 Å². The molecule has 2 aromatic carbocycles. The number of rotatable bonds is 4. The number of hydrogen-bond acceptors (Lipinski definition) is 2. The number of ketones is 1. The molecule has 110 valence electrons. The van der Waals surface area contributed by atoms with Crippen LogP contribution in [0.3, 0.4) is 0 Å². The van der Waals surface area contributed by atoms with Crippen LogP contribution in [-0.4, -0.2) is 12.9 Å². The molecule has 0 fully saturated rings. The molecule has 2 nitrogen and oxygen atoms in total. The van der Waals surface area contributed by atoms with Crippen LogP contribution in [0.2, 0.25) is 0 Å². The highest BCUT2D eigenvalue weighted by Crippen LogP contribution is 2.24. The minimum atomic E-state index is 0.102. The lowest BCUT2D eigenvalue weighted by atomic mass is 9.93. The standard InChI is InChI=1S/C19H22O2/c1-12-6-7-19(21-5)17(10-12)18(20)11-16-14(3)8-13(2)9-15(16)4/h6-10H,11H2,1-5H3. The van der Waals surface area contributed by atoms with Crippen LogP contribution in [0.1, 0.15) is 38.2 Å². The SMILES string of the molecule is COc1ccc(C)cc1C(=O)Cc1c(C)cc(C)cc1C. The topological polar surface area (TPSA) is 26.3 Å². The van der Waals surface area contributed by atoms with Gasteiger partial charge in [0.25, 0.3) is 0 Å². The molecule has 0 N–H and O–H groups in total. The molecule has 2 heteroatoms. The van der Waals surface area contributed by atoms with Crippen molar-refractivity contribution in [1.82, 2.24) is 0 Å². The van der Waals surface area contributed by atoms with Gasteiger partial charge in [-0.2, -0.15) is 0 Å². The number of aryl methyl sites for hydroxylation is 4. The molecule has 0 aliphatic carbocycles. The largest absolute Gasteiger partial charge is 0.496 e. The number of Topliss-reactive ketones (excluding diaryl/α,β-unsaturated/α-hetero) is 1. The molecule has 0 aliphatic rings. The summed E-state index contributed by atoms with van der Waals surface area (Å²) in [5, 5.41) is 0. The second-order valence-corrected chi connectivity index (χ2v) is 5.68. The van der Waals surface area contributed by atoms with Crippen molar-refractivity contribution in [3.63, 3.8) is 0 Å². The van der Waals surface area contributed by atoms with Crippen molar-refractivity contribution >= 4 is 5.78 Å². The third kappa shape index (κ3) is 3.33. The molecule has 0 aromatic heterocycles. The summed E-state index contributed by atoms with van der Waals surface area (Å²) >= 11 is 0. The van der Waals surface area contributed by atoms with Gasteiger partial charge in [-0.3, -0.25) is 4.79 Å². The van der Waals surface area contributed by atoms with Crippen LogP contribution in [0.4, 0.5) is 0 Å². The molecule has 0 saturated carbocycles. The lowest BCUT2D eigenvalue weighted by Crippen LogP contribution is -2.09.